The average Bonchev–Trinajstić information content (AvgIpc) is 3.18. The molecule has 9 rings (SSSR count). The van der Waals surface area contributed by atoms with Crippen LogP contribution in [0.15, 0.2) is 194 Å². The molecule has 0 aromatic heterocycles. The fourth-order valence-corrected chi connectivity index (χ4v) is 7.65. The number of benzene rings is 9. The van der Waals surface area contributed by atoms with Gasteiger partial charge in [-0.05, 0) is 107 Å². The van der Waals surface area contributed by atoms with Gasteiger partial charge in [-0.1, -0.05) is 182 Å². The highest BCUT2D eigenvalue weighted by Gasteiger charge is 2.18. The van der Waals surface area contributed by atoms with E-state index in [4.69, 9.17) is 0 Å². The van der Waals surface area contributed by atoms with Crippen LogP contribution in [0.3, 0.4) is 0 Å². The molecule has 0 fully saturated rings. The fraction of sp³-hybridized carbons (Fsp3) is 0.0204. The van der Waals surface area contributed by atoms with Crippen LogP contribution in [-0.4, -0.2) is 0 Å². The van der Waals surface area contributed by atoms with Crippen LogP contribution in [0.4, 0.5) is 0 Å². The van der Waals surface area contributed by atoms with E-state index in [1.165, 1.54) is 88.0 Å². The molecule has 230 valence electrons. The largest absolute Gasteiger partial charge is 0.0622 e. The number of hydrogen-bond donors (Lipinski definition) is 0. The number of fused-ring (bicyclic) bond motifs is 3. The van der Waals surface area contributed by atoms with E-state index in [-0.39, 0.29) is 0 Å². The SMILES string of the molecule is c1ccc(-c2ccccc2Cc2c3ccccc3c(-c3ccc(-c4ccc5ccccc5c4)c(-c4ccccc4)c3)c3ccccc23)cc1. The van der Waals surface area contributed by atoms with Gasteiger partial charge in [0.05, 0.1) is 0 Å². The van der Waals surface area contributed by atoms with E-state index in [9.17, 15) is 0 Å². The molecular formula is C49H34. The van der Waals surface area contributed by atoms with E-state index in [2.05, 4.69) is 194 Å². The summed E-state index contributed by atoms with van der Waals surface area (Å²) in [7, 11) is 0. The van der Waals surface area contributed by atoms with Gasteiger partial charge in [-0.2, -0.15) is 0 Å². The van der Waals surface area contributed by atoms with Crippen molar-refractivity contribution in [3.05, 3.63) is 205 Å². The van der Waals surface area contributed by atoms with Crippen LogP contribution in [0.25, 0.3) is 76.8 Å². The highest BCUT2D eigenvalue weighted by molar-refractivity contribution is 6.15. The molecule has 0 amide bonds. The average molecular weight is 623 g/mol. The summed E-state index contributed by atoms with van der Waals surface area (Å²) in [5.74, 6) is 0. The van der Waals surface area contributed by atoms with Gasteiger partial charge in [0.15, 0.2) is 0 Å². The lowest BCUT2D eigenvalue weighted by atomic mass is 9.83. The third kappa shape index (κ3) is 5.29. The molecule has 0 aliphatic heterocycles. The molecule has 0 radical (unpaired) electrons. The minimum absolute atomic E-state index is 0.850. The van der Waals surface area contributed by atoms with Crippen LogP contribution in [-0.2, 0) is 6.42 Å². The lowest BCUT2D eigenvalue weighted by molar-refractivity contribution is 1.23. The van der Waals surface area contributed by atoms with Crippen LogP contribution in [0.2, 0.25) is 0 Å². The Balaban J connectivity index is 1.26. The van der Waals surface area contributed by atoms with Gasteiger partial charge in [0, 0.05) is 0 Å². The van der Waals surface area contributed by atoms with E-state index in [1.807, 2.05) is 0 Å². The molecule has 0 heterocycles. The summed E-state index contributed by atoms with van der Waals surface area (Å²) in [5, 5.41) is 7.69. The zero-order valence-corrected chi connectivity index (χ0v) is 27.2. The summed E-state index contributed by atoms with van der Waals surface area (Å²) in [5.41, 5.74) is 12.7. The molecule has 0 nitrogen and oxygen atoms in total. The minimum Gasteiger partial charge on any atom is -0.0622 e. The highest BCUT2D eigenvalue weighted by Crippen LogP contribution is 2.44. The lowest BCUT2D eigenvalue weighted by Crippen LogP contribution is -1.97. The quantitative estimate of drug-likeness (QED) is 0.162. The highest BCUT2D eigenvalue weighted by atomic mass is 14.2. The first kappa shape index (κ1) is 28.9. The Morgan fingerprint density at radius 2 is 0.816 bits per heavy atom. The van der Waals surface area contributed by atoms with Gasteiger partial charge in [-0.15, -0.1) is 0 Å². The van der Waals surface area contributed by atoms with Crippen molar-refractivity contribution in [2.24, 2.45) is 0 Å². The van der Waals surface area contributed by atoms with Gasteiger partial charge in [0.1, 0.15) is 0 Å². The molecule has 49 heavy (non-hydrogen) atoms. The van der Waals surface area contributed by atoms with E-state index < -0.39 is 0 Å². The molecule has 9 aromatic carbocycles. The number of rotatable bonds is 6. The van der Waals surface area contributed by atoms with Crippen molar-refractivity contribution in [3.63, 3.8) is 0 Å². The predicted molar refractivity (Wildman–Crippen MR) is 210 cm³/mol. The molecule has 0 aliphatic carbocycles. The Hall–Kier alpha value is -6.24. The van der Waals surface area contributed by atoms with E-state index >= 15 is 0 Å². The first-order chi connectivity index (χ1) is 24.3. The van der Waals surface area contributed by atoms with E-state index in [0.717, 1.165) is 6.42 Å². The van der Waals surface area contributed by atoms with Crippen molar-refractivity contribution in [2.45, 2.75) is 6.42 Å². The van der Waals surface area contributed by atoms with E-state index in [0.29, 0.717) is 0 Å². The van der Waals surface area contributed by atoms with Crippen molar-refractivity contribution in [1.29, 1.82) is 0 Å². The maximum Gasteiger partial charge on any atom is -0.000728 e. The number of hydrogen-bond acceptors (Lipinski definition) is 0. The smallest absolute Gasteiger partial charge is 0.000728 e. The molecule has 0 bridgehead atoms. The second-order valence-corrected chi connectivity index (χ2v) is 12.8. The van der Waals surface area contributed by atoms with Crippen molar-refractivity contribution < 1.29 is 0 Å². The molecule has 0 saturated heterocycles. The molecule has 0 atom stereocenters. The summed E-state index contributed by atoms with van der Waals surface area (Å²) < 4.78 is 0. The van der Waals surface area contributed by atoms with Crippen LogP contribution in [0.5, 0.6) is 0 Å². The summed E-state index contributed by atoms with van der Waals surface area (Å²) in [6.45, 7) is 0. The van der Waals surface area contributed by atoms with Crippen molar-refractivity contribution in [2.75, 3.05) is 0 Å². The zero-order chi connectivity index (χ0) is 32.6. The molecule has 9 aromatic rings. The molecule has 0 aliphatic rings. The Morgan fingerprint density at radius 1 is 0.286 bits per heavy atom. The standard InChI is InChI=1S/C49H34/c1-3-16-35(17-4-1)41-22-10-9-21-38(41)32-48-43-23-11-13-25-45(43)49(46-26-14-12-24-44(46)48)40-29-30-42(47(33-40)36-18-5-2-6-19-36)39-28-27-34-15-7-8-20-37(34)31-39/h1-31,33H,32H2. The molecule has 0 heteroatoms. The monoisotopic (exact) mass is 622 g/mol. The Bertz CT molecular complexity index is 2550. The summed E-state index contributed by atoms with van der Waals surface area (Å²) in [6.07, 6.45) is 0.850. The lowest BCUT2D eigenvalue weighted by Gasteiger charge is -2.20. The second kappa shape index (κ2) is 12.4. The van der Waals surface area contributed by atoms with Gasteiger partial charge in [-0.25, -0.2) is 0 Å². The van der Waals surface area contributed by atoms with Crippen molar-refractivity contribution in [1.82, 2.24) is 0 Å². The summed E-state index contributed by atoms with van der Waals surface area (Å²) >= 11 is 0. The van der Waals surface area contributed by atoms with Gasteiger partial charge in [-0.3, -0.25) is 0 Å². The fourth-order valence-electron chi connectivity index (χ4n) is 7.65. The molecule has 0 N–H and O–H groups in total. The Morgan fingerprint density at radius 3 is 1.51 bits per heavy atom. The van der Waals surface area contributed by atoms with Gasteiger partial charge >= 0.3 is 0 Å². The maximum atomic E-state index is 2.42. The van der Waals surface area contributed by atoms with Crippen LogP contribution in [0, 0.1) is 0 Å². The van der Waals surface area contributed by atoms with E-state index in [1.54, 1.807) is 0 Å². The summed E-state index contributed by atoms with van der Waals surface area (Å²) in [6, 6.07) is 70.9. The maximum absolute atomic E-state index is 2.42. The third-order valence-electron chi connectivity index (χ3n) is 9.97. The molecule has 0 unspecified atom stereocenters. The Kier molecular flexibility index (Phi) is 7.33. The molecular weight excluding hydrogens is 589 g/mol. The second-order valence-electron chi connectivity index (χ2n) is 12.8. The topological polar surface area (TPSA) is 0 Å². The van der Waals surface area contributed by atoms with Crippen LogP contribution >= 0.6 is 0 Å². The van der Waals surface area contributed by atoms with Gasteiger partial charge < -0.3 is 0 Å². The van der Waals surface area contributed by atoms with Crippen LogP contribution in [0.1, 0.15) is 11.1 Å². The molecule has 0 saturated carbocycles. The molecule has 0 spiro atoms. The van der Waals surface area contributed by atoms with Crippen molar-refractivity contribution in [3.8, 4) is 44.5 Å². The normalized spacial score (nSPS) is 11.3. The minimum atomic E-state index is 0.850. The third-order valence-corrected chi connectivity index (χ3v) is 9.97. The first-order valence-corrected chi connectivity index (χ1v) is 17.1. The zero-order valence-electron chi connectivity index (χ0n) is 27.2. The van der Waals surface area contributed by atoms with Crippen LogP contribution < -0.4 is 0 Å². The van der Waals surface area contributed by atoms with Gasteiger partial charge in [0.25, 0.3) is 0 Å². The van der Waals surface area contributed by atoms with Crippen molar-refractivity contribution >= 4 is 32.3 Å². The Labute approximate surface area is 287 Å². The summed E-state index contributed by atoms with van der Waals surface area (Å²) in [4.78, 5) is 0. The predicted octanol–water partition coefficient (Wildman–Crippen LogP) is 13.4. The first-order valence-electron chi connectivity index (χ1n) is 17.1. The van der Waals surface area contributed by atoms with Gasteiger partial charge in [0.2, 0.25) is 0 Å².